The molecule has 0 radical (unpaired) electrons. The first-order valence-corrected chi connectivity index (χ1v) is 9.93. The summed E-state index contributed by atoms with van der Waals surface area (Å²) < 4.78 is 5.36. The zero-order valence-electron chi connectivity index (χ0n) is 16.9. The molecule has 0 bridgehead atoms. The molecule has 0 spiro atoms. The fourth-order valence-corrected chi connectivity index (χ4v) is 3.07. The number of amides is 1. The van der Waals surface area contributed by atoms with Gasteiger partial charge in [0.2, 0.25) is 5.91 Å². The first kappa shape index (κ1) is 19.9. The summed E-state index contributed by atoms with van der Waals surface area (Å²) in [6, 6.07) is 10.0. The third kappa shape index (κ3) is 5.12. The standard InChI is InChI=1S/C21H29N5O2/c1-4-22-21(24-14-18-12-19(15(2)3)25-28-18)23-13-16-7-9-17(10-8-16)26-11-5-6-20(26)27/h7-10,12,15H,4-6,11,13-14H2,1-3H3,(H2,22,23,24). The number of benzene rings is 1. The summed E-state index contributed by atoms with van der Waals surface area (Å²) >= 11 is 0. The molecule has 7 nitrogen and oxygen atoms in total. The summed E-state index contributed by atoms with van der Waals surface area (Å²) in [7, 11) is 0. The summed E-state index contributed by atoms with van der Waals surface area (Å²) in [6.45, 7) is 8.88. The van der Waals surface area contributed by atoms with Gasteiger partial charge in [-0.25, -0.2) is 4.99 Å². The van der Waals surface area contributed by atoms with Crippen LogP contribution in [-0.4, -0.2) is 30.1 Å². The Hall–Kier alpha value is -2.83. The molecule has 1 aliphatic rings. The van der Waals surface area contributed by atoms with Crippen molar-refractivity contribution in [1.82, 2.24) is 15.8 Å². The molecule has 7 heteroatoms. The van der Waals surface area contributed by atoms with Gasteiger partial charge < -0.3 is 20.1 Å². The topological polar surface area (TPSA) is 82.8 Å². The molecule has 1 saturated heterocycles. The van der Waals surface area contributed by atoms with Gasteiger partial charge >= 0.3 is 0 Å². The lowest BCUT2D eigenvalue weighted by atomic mass is 10.1. The molecule has 28 heavy (non-hydrogen) atoms. The average Bonchev–Trinajstić information content (AvgIpc) is 3.33. The smallest absolute Gasteiger partial charge is 0.227 e. The van der Waals surface area contributed by atoms with Crippen molar-refractivity contribution in [3.05, 3.63) is 47.3 Å². The number of hydrogen-bond donors (Lipinski definition) is 2. The van der Waals surface area contributed by atoms with E-state index in [1.54, 1.807) is 0 Å². The Morgan fingerprint density at radius 2 is 2.07 bits per heavy atom. The Bertz CT molecular complexity index is 810. The van der Waals surface area contributed by atoms with Gasteiger partial charge in [0.05, 0.1) is 18.8 Å². The molecule has 1 amide bonds. The van der Waals surface area contributed by atoms with Gasteiger partial charge in [0.1, 0.15) is 0 Å². The molecule has 0 unspecified atom stereocenters. The maximum absolute atomic E-state index is 11.8. The summed E-state index contributed by atoms with van der Waals surface area (Å²) in [5.41, 5.74) is 3.01. The molecule has 0 saturated carbocycles. The molecule has 2 N–H and O–H groups in total. The summed E-state index contributed by atoms with van der Waals surface area (Å²) in [5.74, 6) is 2.06. The van der Waals surface area contributed by atoms with E-state index in [1.807, 2.05) is 42.2 Å². The Morgan fingerprint density at radius 1 is 1.29 bits per heavy atom. The molecule has 0 atom stereocenters. The number of carbonyl (C=O) groups excluding carboxylic acids is 1. The summed E-state index contributed by atoms with van der Waals surface area (Å²) in [5, 5.41) is 10.6. The minimum Gasteiger partial charge on any atom is -0.359 e. The van der Waals surface area contributed by atoms with Gasteiger partial charge in [-0.3, -0.25) is 4.79 Å². The lowest BCUT2D eigenvalue weighted by Crippen LogP contribution is -2.36. The van der Waals surface area contributed by atoms with E-state index >= 15 is 0 Å². The molecule has 1 aromatic heterocycles. The number of aromatic nitrogens is 1. The van der Waals surface area contributed by atoms with Gasteiger partial charge in [-0.15, -0.1) is 0 Å². The Morgan fingerprint density at radius 3 is 2.68 bits per heavy atom. The number of hydrogen-bond acceptors (Lipinski definition) is 4. The Labute approximate surface area is 166 Å². The molecule has 1 fully saturated rings. The number of aliphatic imine (C=N–C) groups is 1. The molecule has 1 aromatic carbocycles. The second-order valence-corrected chi connectivity index (χ2v) is 7.24. The van der Waals surface area contributed by atoms with Crippen molar-refractivity contribution in [3.63, 3.8) is 0 Å². The van der Waals surface area contributed by atoms with Crippen LogP contribution in [0.3, 0.4) is 0 Å². The van der Waals surface area contributed by atoms with Gasteiger partial charge in [-0.2, -0.15) is 0 Å². The van der Waals surface area contributed by atoms with E-state index in [1.165, 1.54) is 0 Å². The largest absolute Gasteiger partial charge is 0.359 e. The normalized spacial score (nSPS) is 14.8. The van der Waals surface area contributed by atoms with Crippen LogP contribution in [0.5, 0.6) is 0 Å². The van der Waals surface area contributed by atoms with Crippen molar-refractivity contribution in [2.45, 2.75) is 52.6 Å². The molecule has 3 rings (SSSR count). The first-order valence-electron chi connectivity index (χ1n) is 9.93. The third-order valence-corrected chi connectivity index (χ3v) is 4.68. The predicted octanol–water partition coefficient (Wildman–Crippen LogP) is 3.18. The van der Waals surface area contributed by atoms with Crippen LogP contribution in [0, 0.1) is 0 Å². The average molecular weight is 383 g/mol. The number of guanidine groups is 1. The van der Waals surface area contributed by atoms with Crippen LogP contribution in [0.4, 0.5) is 5.69 Å². The fourth-order valence-electron chi connectivity index (χ4n) is 3.07. The minimum atomic E-state index is 0.206. The highest BCUT2D eigenvalue weighted by Crippen LogP contribution is 2.21. The van der Waals surface area contributed by atoms with Gasteiger partial charge in [-0.05, 0) is 37.0 Å². The lowest BCUT2D eigenvalue weighted by Gasteiger charge is -2.15. The summed E-state index contributed by atoms with van der Waals surface area (Å²) in [4.78, 5) is 18.3. The van der Waals surface area contributed by atoms with E-state index in [9.17, 15) is 4.79 Å². The molecular weight excluding hydrogens is 354 g/mol. The monoisotopic (exact) mass is 383 g/mol. The van der Waals surface area contributed by atoms with E-state index < -0.39 is 0 Å². The SMILES string of the molecule is CCNC(=NCc1ccc(N2CCCC2=O)cc1)NCc1cc(C(C)C)no1. The highest BCUT2D eigenvalue weighted by molar-refractivity contribution is 5.95. The van der Waals surface area contributed by atoms with Gasteiger partial charge in [-0.1, -0.05) is 31.1 Å². The van der Waals surface area contributed by atoms with Crippen molar-refractivity contribution in [2.75, 3.05) is 18.0 Å². The highest BCUT2D eigenvalue weighted by atomic mass is 16.5. The van der Waals surface area contributed by atoms with Crippen molar-refractivity contribution in [3.8, 4) is 0 Å². The third-order valence-electron chi connectivity index (χ3n) is 4.68. The van der Waals surface area contributed by atoms with E-state index in [0.29, 0.717) is 25.4 Å². The van der Waals surface area contributed by atoms with Crippen molar-refractivity contribution >= 4 is 17.6 Å². The van der Waals surface area contributed by atoms with Gasteiger partial charge in [0.25, 0.3) is 0 Å². The van der Waals surface area contributed by atoms with Crippen LogP contribution in [-0.2, 0) is 17.9 Å². The Balaban J connectivity index is 1.58. The van der Waals surface area contributed by atoms with Crippen LogP contribution in [0.1, 0.15) is 56.5 Å². The number of nitrogens with zero attached hydrogens (tertiary/aromatic N) is 3. The van der Waals surface area contributed by atoms with Crippen LogP contribution in [0.25, 0.3) is 0 Å². The molecular formula is C21H29N5O2. The first-order chi connectivity index (χ1) is 13.6. The van der Waals surface area contributed by atoms with E-state index in [0.717, 1.165) is 48.2 Å². The lowest BCUT2D eigenvalue weighted by molar-refractivity contribution is -0.117. The maximum Gasteiger partial charge on any atom is 0.227 e. The molecule has 2 heterocycles. The predicted molar refractivity (Wildman–Crippen MR) is 110 cm³/mol. The van der Waals surface area contributed by atoms with Crippen molar-refractivity contribution < 1.29 is 9.32 Å². The number of rotatable bonds is 7. The van der Waals surface area contributed by atoms with Crippen LogP contribution >= 0.6 is 0 Å². The number of anilines is 1. The van der Waals surface area contributed by atoms with Crippen LogP contribution in [0.2, 0.25) is 0 Å². The molecule has 2 aromatic rings. The summed E-state index contributed by atoms with van der Waals surface area (Å²) in [6.07, 6.45) is 1.58. The zero-order chi connectivity index (χ0) is 19.9. The minimum absolute atomic E-state index is 0.206. The zero-order valence-corrected chi connectivity index (χ0v) is 16.9. The van der Waals surface area contributed by atoms with Gasteiger partial charge in [0, 0.05) is 31.3 Å². The highest BCUT2D eigenvalue weighted by Gasteiger charge is 2.21. The van der Waals surface area contributed by atoms with Crippen LogP contribution in [0.15, 0.2) is 39.8 Å². The fraction of sp³-hybridized carbons (Fsp3) is 0.476. The van der Waals surface area contributed by atoms with Crippen molar-refractivity contribution in [2.24, 2.45) is 4.99 Å². The van der Waals surface area contributed by atoms with E-state index in [-0.39, 0.29) is 5.91 Å². The molecule has 1 aliphatic heterocycles. The second-order valence-electron chi connectivity index (χ2n) is 7.24. The van der Waals surface area contributed by atoms with Crippen LogP contribution < -0.4 is 15.5 Å². The number of carbonyl (C=O) groups is 1. The molecule has 150 valence electrons. The Kier molecular flexibility index (Phi) is 6.68. The van der Waals surface area contributed by atoms with E-state index in [2.05, 4.69) is 34.6 Å². The quantitative estimate of drug-likeness (QED) is 0.567. The molecule has 0 aliphatic carbocycles. The number of nitrogens with one attached hydrogen (secondary N) is 2. The second kappa shape index (κ2) is 9.39. The maximum atomic E-state index is 11.8. The van der Waals surface area contributed by atoms with E-state index in [4.69, 9.17) is 4.52 Å². The van der Waals surface area contributed by atoms with Gasteiger partial charge in [0.15, 0.2) is 11.7 Å². The van der Waals surface area contributed by atoms with Crippen molar-refractivity contribution in [1.29, 1.82) is 0 Å².